The van der Waals surface area contributed by atoms with Crippen molar-refractivity contribution >= 4 is 17.5 Å². The quantitative estimate of drug-likeness (QED) is 0.594. The maximum atomic E-state index is 13.1. The molecule has 1 aliphatic heterocycles. The molecule has 5 heteroatoms. The molecule has 0 aromatic heterocycles. The minimum absolute atomic E-state index is 0.119. The van der Waals surface area contributed by atoms with Gasteiger partial charge in [0.25, 0.3) is 0 Å². The fourth-order valence-electron chi connectivity index (χ4n) is 2.63. The van der Waals surface area contributed by atoms with E-state index in [4.69, 9.17) is 9.47 Å². The molecule has 0 radical (unpaired) electrons. The van der Waals surface area contributed by atoms with E-state index >= 15 is 0 Å². The lowest BCUT2D eigenvalue weighted by molar-refractivity contribution is 0.0318. The van der Waals surface area contributed by atoms with Crippen molar-refractivity contribution in [3.63, 3.8) is 0 Å². The van der Waals surface area contributed by atoms with Crippen LogP contribution in [0.1, 0.15) is 10.4 Å². The van der Waals surface area contributed by atoms with E-state index in [1.54, 1.807) is 18.9 Å². The molecule has 4 nitrogen and oxygen atoms in total. The molecule has 1 atom stereocenters. The summed E-state index contributed by atoms with van der Waals surface area (Å²) < 4.78 is 10.6. The number of benzene rings is 2. The summed E-state index contributed by atoms with van der Waals surface area (Å²) in [7, 11) is 1.62. The second kappa shape index (κ2) is 8.33. The molecule has 126 valence electrons. The van der Waals surface area contributed by atoms with Crippen LogP contribution in [0.15, 0.2) is 59.5 Å². The smallest absolute Gasteiger partial charge is 0.190 e. The molecule has 1 heterocycles. The Morgan fingerprint density at radius 2 is 1.75 bits per heavy atom. The number of carbonyl (C=O) groups excluding carboxylic acids is 1. The largest absolute Gasteiger partial charge is 0.497 e. The third kappa shape index (κ3) is 4.17. The van der Waals surface area contributed by atoms with Crippen LogP contribution in [0.2, 0.25) is 0 Å². The van der Waals surface area contributed by atoms with Crippen molar-refractivity contribution in [2.45, 2.75) is 10.3 Å². The molecule has 24 heavy (non-hydrogen) atoms. The zero-order chi connectivity index (χ0) is 16.8. The molecule has 3 rings (SSSR count). The van der Waals surface area contributed by atoms with Gasteiger partial charge in [-0.15, -0.1) is 0 Å². The highest BCUT2D eigenvalue weighted by molar-refractivity contribution is 8.00. The second-order valence-corrected chi connectivity index (χ2v) is 6.68. The molecule has 1 fully saturated rings. The summed E-state index contributed by atoms with van der Waals surface area (Å²) in [4.78, 5) is 16.4. The number of rotatable bonds is 6. The molecule has 1 unspecified atom stereocenters. The number of morpholine rings is 1. The first-order chi connectivity index (χ1) is 11.8. The van der Waals surface area contributed by atoms with E-state index in [2.05, 4.69) is 4.90 Å². The summed E-state index contributed by atoms with van der Waals surface area (Å²) in [6.07, 6.45) is 0. The first kappa shape index (κ1) is 17.0. The topological polar surface area (TPSA) is 38.8 Å². The summed E-state index contributed by atoms with van der Waals surface area (Å²) in [6.45, 7) is 2.88. The van der Waals surface area contributed by atoms with Gasteiger partial charge < -0.3 is 9.47 Å². The molecule has 0 aliphatic carbocycles. The standard InChI is InChI=1S/C19H21NO3S/c1-22-16-9-7-15(8-10-16)18(21)19(20-11-13-23-14-12-20)24-17-5-3-2-4-6-17/h2-10,19H,11-14H2,1H3. The van der Waals surface area contributed by atoms with Crippen molar-refractivity contribution in [1.29, 1.82) is 0 Å². The Labute approximate surface area is 146 Å². The van der Waals surface area contributed by atoms with E-state index in [0.717, 1.165) is 23.7 Å². The molecular formula is C19H21NO3S. The third-order valence-corrected chi connectivity index (χ3v) is 5.25. The third-order valence-electron chi connectivity index (χ3n) is 3.97. The Morgan fingerprint density at radius 3 is 2.38 bits per heavy atom. The van der Waals surface area contributed by atoms with Gasteiger partial charge in [-0.05, 0) is 36.4 Å². The van der Waals surface area contributed by atoms with Crippen LogP contribution in [-0.2, 0) is 4.74 Å². The molecule has 1 saturated heterocycles. The first-order valence-electron chi connectivity index (χ1n) is 8.00. The van der Waals surface area contributed by atoms with Gasteiger partial charge in [-0.2, -0.15) is 0 Å². The highest BCUT2D eigenvalue weighted by Gasteiger charge is 2.29. The lowest BCUT2D eigenvalue weighted by Crippen LogP contribution is -2.45. The van der Waals surface area contributed by atoms with E-state index in [9.17, 15) is 4.79 Å². The van der Waals surface area contributed by atoms with Gasteiger partial charge in [0, 0.05) is 23.5 Å². The molecule has 0 N–H and O–H groups in total. The fraction of sp³-hybridized carbons (Fsp3) is 0.316. The minimum atomic E-state index is -0.246. The summed E-state index contributed by atoms with van der Waals surface area (Å²) >= 11 is 1.60. The van der Waals surface area contributed by atoms with Crippen LogP contribution < -0.4 is 4.74 Å². The minimum Gasteiger partial charge on any atom is -0.497 e. The number of ether oxygens (including phenoxy) is 2. The highest BCUT2D eigenvalue weighted by atomic mass is 32.2. The number of thioether (sulfide) groups is 1. The van der Waals surface area contributed by atoms with Crippen LogP contribution in [0.3, 0.4) is 0 Å². The maximum absolute atomic E-state index is 13.1. The molecule has 0 amide bonds. The zero-order valence-electron chi connectivity index (χ0n) is 13.7. The monoisotopic (exact) mass is 343 g/mol. The fourth-order valence-corrected chi connectivity index (χ4v) is 3.81. The SMILES string of the molecule is COc1ccc(C(=O)C(Sc2ccccc2)N2CCOCC2)cc1. The van der Waals surface area contributed by atoms with Crippen LogP contribution in [0, 0.1) is 0 Å². The molecular weight excluding hydrogens is 322 g/mol. The van der Waals surface area contributed by atoms with Crippen LogP contribution in [0.25, 0.3) is 0 Å². The Kier molecular flexibility index (Phi) is 5.91. The summed E-state index contributed by atoms with van der Waals surface area (Å²) in [6, 6.07) is 17.4. The first-order valence-corrected chi connectivity index (χ1v) is 8.87. The number of hydrogen-bond acceptors (Lipinski definition) is 5. The average molecular weight is 343 g/mol. The average Bonchev–Trinajstić information content (AvgIpc) is 2.67. The molecule has 0 bridgehead atoms. The summed E-state index contributed by atoms with van der Waals surface area (Å²) in [5, 5.41) is -0.246. The highest BCUT2D eigenvalue weighted by Crippen LogP contribution is 2.29. The van der Waals surface area contributed by atoms with E-state index in [1.807, 2.05) is 54.6 Å². The van der Waals surface area contributed by atoms with Gasteiger partial charge in [-0.25, -0.2) is 0 Å². The number of carbonyl (C=O) groups is 1. The molecule has 0 spiro atoms. The van der Waals surface area contributed by atoms with E-state index < -0.39 is 0 Å². The number of methoxy groups -OCH3 is 1. The van der Waals surface area contributed by atoms with E-state index in [-0.39, 0.29) is 11.2 Å². The van der Waals surface area contributed by atoms with Crippen LogP contribution in [0.4, 0.5) is 0 Å². The Hall–Kier alpha value is -1.82. The lowest BCUT2D eigenvalue weighted by Gasteiger charge is -2.33. The number of Topliss-reactive ketones (excluding diaryl/α,β-unsaturated/α-hetero) is 1. The molecule has 1 aliphatic rings. The van der Waals surface area contributed by atoms with E-state index in [1.165, 1.54) is 0 Å². The second-order valence-electron chi connectivity index (χ2n) is 5.52. The number of nitrogens with zero attached hydrogens (tertiary/aromatic N) is 1. The van der Waals surface area contributed by atoms with Gasteiger partial charge in [-0.1, -0.05) is 30.0 Å². The lowest BCUT2D eigenvalue weighted by atomic mass is 10.1. The summed E-state index contributed by atoms with van der Waals surface area (Å²) in [5.41, 5.74) is 0.704. The van der Waals surface area contributed by atoms with Gasteiger partial charge in [0.05, 0.1) is 20.3 Å². The van der Waals surface area contributed by atoms with E-state index in [0.29, 0.717) is 18.8 Å². The van der Waals surface area contributed by atoms with Gasteiger partial charge in [-0.3, -0.25) is 9.69 Å². The van der Waals surface area contributed by atoms with Crippen molar-refractivity contribution in [3.8, 4) is 5.75 Å². The molecule has 0 saturated carbocycles. The maximum Gasteiger partial charge on any atom is 0.190 e. The number of ketones is 1. The van der Waals surface area contributed by atoms with Crippen molar-refractivity contribution in [1.82, 2.24) is 4.90 Å². The van der Waals surface area contributed by atoms with Crippen LogP contribution in [0.5, 0.6) is 5.75 Å². The normalized spacial score (nSPS) is 16.5. The van der Waals surface area contributed by atoms with Crippen molar-refractivity contribution < 1.29 is 14.3 Å². The van der Waals surface area contributed by atoms with Crippen molar-refractivity contribution in [2.24, 2.45) is 0 Å². The van der Waals surface area contributed by atoms with Crippen LogP contribution in [-0.4, -0.2) is 49.5 Å². The Bertz CT molecular complexity index is 654. The number of hydrogen-bond donors (Lipinski definition) is 0. The van der Waals surface area contributed by atoms with Gasteiger partial charge in [0.1, 0.15) is 11.1 Å². The van der Waals surface area contributed by atoms with Crippen LogP contribution >= 0.6 is 11.8 Å². The predicted molar refractivity (Wildman–Crippen MR) is 95.8 cm³/mol. The summed E-state index contributed by atoms with van der Waals surface area (Å²) in [5.74, 6) is 0.874. The van der Waals surface area contributed by atoms with Gasteiger partial charge >= 0.3 is 0 Å². The van der Waals surface area contributed by atoms with Gasteiger partial charge in [0.2, 0.25) is 0 Å². The Morgan fingerprint density at radius 1 is 1.08 bits per heavy atom. The van der Waals surface area contributed by atoms with Gasteiger partial charge in [0.15, 0.2) is 5.78 Å². The Balaban J connectivity index is 1.83. The zero-order valence-corrected chi connectivity index (χ0v) is 14.5. The van der Waals surface area contributed by atoms with Crippen molar-refractivity contribution in [3.05, 3.63) is 60.2 Å². The molecule has 2 aromatic carbocycles. The van der Waals surface area contributed by atoms with Crippen molar-refractivity contribution in [2.75, 3.05) is 33.4 Å². The molecule has 2 aromatic rings. The predicted octanol–water partition coefficient (Wildman–Crippen LogP) is 3.33.